The Balaban J connectivity index is 1.24. The fraction of sp³-hybridized carbons (Fsp3) is 0.500. The van der Waals surface area contributed by atoms with E-state index in [2.05, 4.69) is 10.2 Å². The van der Waals surface area contributed by atoms with Crippen LogP contribution < -0.4 is 5.32 Å². The molecule has 0 bridgehead atoms. The van der Waals surface area contributed by atoms with Crippen molar-refractivity contribution in [2.24, 2.45) is 5.92 Å². The number of carbonyl (C=O) groups is 1. The first-order chi connectivity index (χ1) is 16.1. The molecule has 34 heavy (non-hydrogen) atoms. The van der Waals surface area contributed by atoms with Crippen LogP contribution in [0.4, 0.5) is 23.2 Å². The normalized spacial score (nSPS) is 18.6. The van der Waals surface area contributed by atoms with E-state index in [1.807, 2.05) is 0 Å². The lowest BCUT2D eigenvalue weighted by atomic mass is 9.83. The number of piperidine rings is 1. The Morgan fingerprint density at radius 3 is 2.50 bits per heavy atom. The van der Waals surface area contributed by atoms with Gasteiger partial charge in [-0.25, -0.2) is 4.39 Å². The SMILES string of the molecule is O=C(CCCN1CCC(O)(c2cccc(C(F)(F)F)c2)CC1)c1ccc(NCC2CC2)cc1F. The van der Waals surface area contributed by atoms with Crippen LogP contribution in [0, 0.1) is 11.7 Å². The molecule has 0 unspecified atom stereocenters. The van der Waals surface area contributed by atoms with Crippen molar-refractivity contribution in [1.82, 2.24) is 4.90 Å². The van der Waals surface area contributed by atoms with Gasteiger partial charge in [0.2, 0.25) is 0 Å². The van der Waals surface area contributed by atoms with Crippen molar-refractivity contribution < 1.29 is 27.5 Å². The number of halogens is 4. The average molecular weight is 479 g/mol. The minimum Gasteiger partial charge on any atom is -0.385 e. The van der Waals surface area contributed by atoms with Gasteiger partial charge < -0.3 is 15.3 Å². The lowest BCUT2D eigenvalue weighted by molar-refractivity contribution is -0.137. The Morgan fingerprint density at radius 2 is 1.85 bits per heavy atom. The largest absolute Gasteiger partial charge is 0.416 e. The van der Waals surface area contributed by atoms with Crippen molar-refractivity contribution >= 4 is 11.5 Å². The highest BCUT2D eigenvalue weighted by Gasteiger charge is 2.37. The van der Waals surface area contributed by atoms with Gasteiger partial charge in [-0.15, -0.1) is 0 Å². The number of nitrogens with one attached hydrogen (secondary N) is 1. The molecule has 4 rings (SSSR count). The smallest absolute Gasteiger partial charge is 0.385 e. The van der Waals surface area contributed by atoms with Gasteiger partial charge >= 0.3 is 6.18 Å². The molecule has 1 aliphatic carbocycles. The number of nitrogens with zero attached hydrogens (tertiary/aromatic N) is 1. The van der Waals surface area contributed by atoms with Crippen LogP contribution in [0.1, 0.15) is 60.0 Å². The monoisotopic (exact) mass is 478 g/mol. The molecule has 1 saturated heterocycles. The predicted molar refractivity (Wildman–Crippen MR) is 122 cm³/mol. The molecular formula is C26H30F4N2O2. The van der Waals surface area contributed by atoms with Crippen molar-refractivity contribution in [3.05, 3.63) is 65.0 Å². The summed E-state index contributed by atoms with van der Waals surface area (Å²) in [7, 11) is 0. The third-order valence-electron chi connectivity index (χ3n) is 6.85. The van der Waals surface area contributed by atoms with E-state index in [0.29, 0.717) is 50.5 Å². The quantitative estimate of drug-likeness (QED) is 0.363. The maximum Gasteiger partial charge on any atom is 0.416 e. The van der Waals surface area contributed by atoms with Gasteiger partial charge in [0.05, 0.1) is 16.7 Å². The van der Waals surface area contributed by atoms with Crippen LogP contribution in [0.25, 0.3) is 0 Å². The van der Waals surface area contributed by atoms with Crippen molar-refractivity contribution in [3.8, 4) is 0 Å². The number of Topliss-reactive ketones (excluding diaryl/α,β-unsaturated/α-hetero) is 1. The summed E-state index contributed by atoms with van der Waals surface area (Å²) in [6.07, 6.45) is -0.672. The predicted octanol–water partition coefficient (Wildman–Crippen LogP) is 5.61. The van der Waals surface area contributed by atoms with Crippen LogP contribution >= 0.6 is 0 Å². The summed E-state index contributed by atoms with van der Waals surface area (Å²) in [6.45, 7) is 2.45. The lowest BCUT2D eigenvalue weighted by Gasteiger charge is -2.38. The van der Waals surface area contributed by atoms with E-state index in [1.165, 1.54) is 37.1 Å². The van der Waals surface area contributed by atoms with E-state index in [0.717, 1.165) is 18.7 Å². The number of benzene rings is 2. The molecule has 8 heteroatoms. The summed E-state index contributed by atoms with van der Waals surface area (Å²) in [5.41, 5.74) is -1.01. The number of carbonyl (C=O) groups excluding carboxylic acids is 1. The van der Waals surface area contributed by atoms with Crippen LogP contribution in [0.5, 0.6) is 0 Å². The zero-order valence-corrected chi connectivity index (χ0v) is 19.0. The highest BCUT2D eigenvalue weighted by atomic mass is 19.4. The van der Waals surface area contributed by atoms with Crippen molar-refractivity contribution in [2.75, 3.05) is 31.5 Å². The highest BCUT2D eigenvalue weighted by Crippen LogP contribution is 2.37. The minimum atomic E-state index is -4.45. The van der Waals surface area contributed by atoms with E-state index in [-0.39, 0.29) is 23.3 Å². The second-order valence-electron chi connectivity index (χ2n) is 9.50. The zero-order chi connectivity index (χ0) is 24.3. The molecule has 2 aromatic rings. The molecule has 0 amide bonds. The minimum absolute atomic E-state index is 0.0922. The third kappa shape index (κ3) is 6.16. The summed E-state index contributed by atoms with van der Waals surface area (Å²) in [6, 6.07) is 9.51. The van der Waals surface area contributed by atoms with Crippen molar-refractivity contribution in [3.63, 3.8) is 0 Å². The molecule has 1 heterocycles. The molecule has 0 atom stereocenters. The van der Waals surface area contributed by atoms with E-state index >= 15 is 0 Å². The van der Waals surface area contributed by atoms with Gasteiger partial charge in [-0.2, -0.15) is 13.2 Å². The molecular weight excluding hydrogens is 448 g/mol. The second-order valence-corrected chi connectivity index (χ2v) is 9.50. The molecule has 184 valence electrons. The van der Waals surface area contributed by atoms with Crippen LogP contribution in [0.3, 0.4) is 0 Å². The average Bonchev–Trinajstić information content (AvgIpc) is 3.63. The number of hydrogen-bond donors (Lipinski definition) is 2. The molecule has 2 fully saturated rings. The van der Waals surface area contributed by atoms with Crippen LogP contribution in [-0.4, -0.2) is 42.0 Å². The fourth-order valence-electron chi connectivity index (χ4n) is 4.45. The van der Waals surface area contributed by atoms with Crippen LogP contribution in [0.2, 0.25) is 0 Å². The number of hydrogen-bond acceptors (Lipinski definition) is 4. The maximum atomic E-state index is 14.4. The molecule has 1 aliphatic heterocycles. The summed E-state index contributed by atoms with van der Waals surface area (Å²) in [5.74, 6) is -0.0983. The summed E-state index contributed by atoms with van der Waals surface area (Å²) in [5, 5.41) is 14.1. The first-order valence-electron chi connectivity index (χ1n) is 11.8. The van der Waals surface area contributed by atoms with Crippen molar-refractivity contribution in [2.45, 2.75) is 50.3 Å². The topological polar surface area (TPSA) is 52.6 Å². The molecule has 2 aliphatic rings. The van der Waals surface area contributed by atoms with E-state index < -0.39 is 23.2 Å². The Hall–Kier alpha value is -2.45. The first-order valence-corrected chi connectivity index (χ1v) is 11.8. The van der Waals surface area contributed by atoms with Gasteiger partial charge in [-0.1, -0.05) is 12.1 Å². The summed E-state index contributed by atoms with van der Waals surface area (Å²) in [4.78, 5) is 14.6. The molecule has 4 nitrogen and oxygen atoms in total. The number of alkyl halides is 3. The Labute approximate surface area is 197 Å². The summed E-state index contributed by atoms with van der Waals surface area (Å²) >= 11 is 0. The fourth-order valence-corrected chi connectivity index (χ4v) is 4.45. The second kappa shape index (κ2) is 10.0. The zero-order valence-electron chi connectivity index (χ0n) is 19.0. The molecule has 0 spiro atoms. The number of likely N-dealkylation sites (tertiary alicyclic amines) is 1. The number of aliphatic hydroxyl groups is 1. The number of ketones is 1. The molecule has 0 aromatic heterocycles. The molecule has 2 aromatic carbocycles. The Morgan fingerprint density at radius 1 is 1.12 bits per heavy atom. The van der Waals surface area contributed by atoms with Gasteiger partial charge in [0, 0.05) is 31.7 Å². The van der Waals surface area contributed by atoms with Gasteiger partial charge in [0.1, 0.15) is 5.82 Å². The molecule has 1 saturated carbocycles. The van der Waals surface area contributed by atoms with E-state index in [9.17, 15) is 27.5 Å². The van der Waals surface area contributed by atoms with Gasteiger partial charge in [-0.05, 0) is 80.5 Å². The molecule has 2 N–H and O–H groups in total. The summed E-state index contributed by atoms with van der Waals surface area (Å²) < 4.78 is 53.4. The van der Waals surface area contributed by atoms with Crippen molar-refractivity contribution in [1.29, 1.82) is 0 Å². The Bertz CT molecular complexity index is 1010. The number of anilines is 1. The van der Waals surface area contributed by atoms with Crippen LogP contribution in [0.15, 0.2) is 42.5 Å². The third-order valence-corrected chi connectivity index (χ3v) is 6.85. The van der Waals surface area contributed by atoms with Gasteiger partial charge in [0.25, 0.3) is 0 Å². The first kappa shape index (κ1) is 24.7. The molecule has 0 radical (unpaired) electrons. The Kier molecular flexibility index (Phi) is 7.28. The number of rotatable bonds is 9. The lowest BCUT2D eigenvalue weighted by Crippen LogP contribution is -2.43. The highest BCUT2D eigenvalue weighted by molar-refractivity contribution is 5.96. The maximum absolute atomic E-state index is 14.4. The van der Waals surface area contributed by atoms with E-state index in [4.69, 9.17) is 0 Å². The van der Waals surface area contributed by atoms with Gasteiger partial charge in [-0.3, -0.25) is 4.79 Å². The van der Waals surface area contributed by atoms with E-state index in [1.54, 1.807) is 6.07 Å². The van der Waals surface area contributed by atoms with Crippen LogP contribution in [-0.2, 0) is 11.8 Å². The van der Waals surface area contributed by atoms with Gasteiger partial charge in [0.15, 0.2) is 5.78 Å². The standard InChI is InChI=1S/C26H30F4N2O2/c27-23-16-21(31-17-18-6-7-18)8-9-22(23)24(33)5-2-12-32-13-10-25(34,11-14-32)19-3-1-4-20(15-19)26(28,29)30/h1,3-4,8-9,15-16,18,31,34H,2,5-7,10-14,17H2.